The van der Waals surface area contributed by atoms with Gasteiger partial charge in [-0.2, -0.15) is 0 Å². The van der Waals surface area contributed by atoms with Gasteiger partial charge in [-0.3, -0.25) is 4.98 Å². The Kier molecular flexibility index (Phi) is 3.68. The predicted octanol–water partition coefficient (Wildman–Crippen LogP) is 3.70. The SMILES string of the molecule is CC(C)C(C)(C)CCc1ccccn1. The molecule has 1 rings (SSSR count). The summed E-state index contributed by atoms with van der Waals surface area (Å²) in [5.41, 5.74) is 1.62. The summed E-state index contributed by atoms with van der Waals surface area (Å²) in [6.45, 7) is 9.25. The number of rotatable bonds is 4. The Hall–Kier alpha value is -0.850. The summed E-state index contributed by atoms with van der Waals surface area (Å²) in [5, 5.41) is 0. The summed E-state index contributed by atoms with van der Waals surface area (Å²) in [7, 11) is 0. The highest BCUT2D eigenvalue weighted by Crippen LogP contribution is 2.31. The van der Waals surface area contributed by atoms with Crippen molar-refractivity contribution in [2.45, 2.75) is 40.5 Å². The molecule has 0 atom stereocenters. The highest BCUT2D eigenvalue weighted by molar-refractivity contribution is 5.03. The molecule has 0 radical (unpaired) electrons. The Labute approximate surface area is 87.6 Å². The Bertz CT molecular complexity index is 262. The van der Waals surface area contributed by atoms with E-state index in [2.05, 4.69) is 44.8 Å². The minimum Gasteiger partial charge on any atom is -0.261 e. The molecule has 0 aliphatic heterocycles. The quantitative estimate of drug-likeness (QED) is 0.707. The van der Waals surface area contributed by atoms with E-state index in [-0.39, 0.29) is 0 Å². The molecule has 0 aromatic carbocycles. The van der Waals surface area contributed by atoms with Gasteiger partial charge in [0.15, 0.2) is 0 Å². The van der Waals surface area contributed by atoms with E-state index in [0.717, 1.165) is 12.3 Å². The van der Waals surface area contributed by atoms with Crippen LogP contribution < -0.4 is 0 Å². The van der Waals surface area contributed by atoms with E-state index in [0.29, 0.717) is 5.41 Å². The van der Waals surface area contributed by atoms with Crippen molar-refractivity contribution in [2.24, 2.45) is 11.3 Å². The standard InChI is InChI=1S/C13H21N/c1-11(2)13(3,4)9-8-12-7-5-6-10-14-12/h5-7,10-11H,8-9H2,1-4H3. The molecule has 1 aromatic heterocycles. The molecule has 14 heavy (non-hydrogen) atoms. The molecular weight excluding hydrogens is 170 g/mol. The zero-order valence-electron chi connectivity index (χ0n) is 9.75. The third-order valence-corrected chi connectivity index (χ3v) is 3.31. The molecule has 1 nitrogen and oxygen atoms in total. The van der Waals surface area contributed by atoms with Gasteiger partial charge < -0.3 is 0 Å². The van der Waals surface area contributed by atoms with Crippen LogP contribution in [0.1, 0.15) is 39.8 Å². The molecule has 0 aliphatic rings. The summed E-state index contributed by atoms with van der Waals surface area (Å²) in [5.74, 6) is 0.728. The second-order valence-corrected chi connectivity index (χ2v) is 4.96. The molecule has 78 valence electrons. The van der Waals surface area contributed by atoms with Crippen LogP contribution in [0.25, 0.3) is 0 Å². The van der Waals surface area contributed by atoms with Crippen LogP contribution in [0.3, 0.4) is 0 Å². The zero-order valence-corrected chi connectivity index (χ0v) is 9.75. The van der Waals surface area contributed by atoms with Crippen molar-refractivity contribution in [1.82, 2.24) is 4.98 Å². The minimum atomic E-state index is 0.414. The van der Waals surface area contributed by atoms with Gasteiger partial charge in [0.25, 0.3) is 0 Å². The molecule has 0 N–H and O–H groups in total. The zero-order chi connectivity index (χ0) is 10.6. The van der Waals surface area contributed by atoms with Crippen molar-refractivity contribution in [3.63, 3.8) is 0 Å². The second-order valence-electron chi connectivity index (χ2n) is 4.96. The van der Waals surface area contributed by atoms with Crippen molar-refractivity contribution >= 4 is 0 Å². The molecule has 1 aromatic rings. The third kappa shape index (κ3) is 3.13. The average Bonchev–Trinajstić information content (AvgIpc) is 2.16. The maximum Gasteiger partial charge on any atom is 0.0403 e. The topological polar surface area (TPSA) is 12.9 Å². The first-order chi connectivity index (χ1) is 6.52. The normalized spacial score (nSPS) is 12.1. The first-order valence-corrected chi connectivity index (χ1v) is 5.42. The van der Waals surface area contributed by atoms with E-state index >= 15 is 0 Å². The molecule has 1 heterocycles. The van der Waals surface area contributed by atoms with Crippen LogP contribution in [-0.4, -0.2) is 4.98 Å². The molecule has 0 saturated carbocycles. The third-order valence-electron chi connectivity index (χ3n) is 3.31. The number of aryl methyl sites for hydroxylation is 1. The van der Waals surface area contributed by atoms with Gasteiger partial charge in [-0.05, 0) is 36.3 Å². The van der Waals surface area contributed by atoms with Crippen LogP contribution in [-0.2, 0) is 6.42 Å². The van der Waals surface area contributed by atoms with Crippen molar-refractivity contribution in [3.05, 3.63) is 30.1 Å². The Balaban J connectivity index is 2.49. The van der Waals surface area contributed by atoms with Crippen molar-refractivity contribution < 1.29 is 0 Å². The molecule has 0 amide bonds. The Morgan fingerprint density at radius 3 is 2.50 bits per heavy atom. The van der Waals surface area contributed by atoms with E-state index in [4.69, 9.17) is 0 Å². The second kappa shape index (κ2) is 4.59. The maximum absolute atomic E-state index is 4.34. The van der Waals surface area contributed by atoms with Gasteiger partial charge >= 0.3 is 0 Å². The lowest BCUT2D eigenvalue weighted by atomic mass is 9.77. The lowest BCUT2D eigenvalue weighted by Crippen LogP contribution is -2.20. The van der Waals surface area contributed by atoms with Gasteiger partial charge in [0.05, 0.1) is 0 Å². The van der Waals surface area contributed by atoms with Crippen LogP contribution in [0, 0.1) is 11.3 Å². The van der Waals surface area contributed by atoms with Crippen molar-refractivity contribution in [2.75, 3.05) is 0 Å². The molecule has 0 bridgehead atoms. The molecule has 0 spiro atoms. The van der Waals surface area contributed by atoms with Crippen molar-refractivity contribution in [3.8, 4) is 0 Å². The molecule has 0 aliphatic carbocycles. The average molecular weight is 191 g/mol. The monoisotopic (exact) mass is 191 g/mol. The first kappa shape index (κ1) is 11.2. The molecule has 1 heteroatoms. The van der Waals surface area contributed by atoms with Crippen molar-refractivity contribution in [1.29, 1.82) is 0 Å². The van der Waals surface area contributed by atoms with Gasteiger partial charge in [0.2, 0.25) is 0 Å². The van der Waals surface area contributed by atoms with Gasteiger partial charge in [0.1, 0.15) is 0 Å². The fraction of sp³-hybridized carbons (Fsp3) is 0.615. The van der Waals surface area contributed by atoms with E-state index in [9.17, 15) is 0 Å². The minimum absolute atomic E-state index is 0.414. The number of nitrogens with zero attached hydrogens (tertiary/aromatic N) is 1. The van der Waals surface area contributed by atoms with Gasteiger partial charge in [-0.15, -0.1) is 0 Å². The van der Waals surface area contributed by atoms with E-state index in [1.165, 1.54) is 12.1 Å². The van der Waals surface area contributed by atoms with Gasteiger partial charge in [0, 0.05) is 11.9 Å². The van der Waals surface area contributed by atoms with E-state index in [1.807, 2.05) is 12.3 Å². The molecule has 0 unspecified atom stereocenters. The van der Waals surface area contributed by atoms with E-state index < -0.39 is 0 Å². The van der Waals surface area contributed by atoms with Gasteiger partial charge in [-0.1, -0.05) is 33.8 Å². The van der Waals surface area contributed by atoms with Crippen LogP contribution in [0.4, 0.5) is 0 Å². The number of aromatic nitrogens is 1. The molecule has 0 saturated heterocycles. The lowest BCUT2D eigenvalue weighted by Gasteiger charge is -2.29. The summed E-state index contributed by atoms with van der Waals surface area (Å²) in [6, 6.07) is 6.14. The summed E-state index contributed by atoms with van der Waals surface area (Å²) in [4.78, 5) is 4.34. The van der Waals surface area contributed by atoms with E-state index in [1.54, 1.807) is 0 Å². The molecule has 0 fully saturated rings. The van der Waals surface area contributed by atoms with Crippen LogP contribution >= 0.6 is 0 Å². The van der Waals surface area contributed by atoms with Crippen LogP contribution in [0.15, 0.2) is 24.4 Å². The lowest BCUT2D eigenvalue weighted by molar-refractivity contribution is 0.229. The highest BCUT2D eigenvalue weighted by atomic mass is 14.7. The maximum atomic E-state index is 4.34. The van der Waals surface area contributed by atoms with Crippen LogP contribution in [0.5, 0.6) is 0 Å². The van der Waals surface area contributed by atoms with Gasteiger partial charge in [-0.25, -0.2) is 0 Å². The Morgan fingerprint density at radius 1 is 1.29 bits per heavy atom. The number of pyridine rings is 1. The first-order valence-electron chi connectivity index (χ1n) is 5.42. The smallest absolute Gasteiger partial charge is 0.0403 e. The number of hydrogen-bond donors (Lipinski definition) is 0. The predicted molar refractivity (Wildman–Crippen MR) is 61.2 cm³/mol. The fourth-order valence-corrected chi connectivity index (χ4v) is 1.28. The fourth-order valence-electron chi connectivity index (χ4n) is 1.28. The summed E-state index contributed by atoms with van der Waals surface area (Å²) in [6.07, 6.45) is 4.17. The summed E-state index contributed by atoms with van der Waals surface area (Å²) >= 11 is 0. The highest BCUT2D eigenvalue weighted by Gasteiger charge is 2.21. The summed E-state index contributed by atoms with van der Waals surface area (Å²) < 4.78 is 0. The molecular formula is C13H21N. The Morgan fingerprint density at radius 2 is 2.00 bits per heavy atom. The largest absolute Gasteiger partial charge is 0.261 e. The number of hydrogen-bond acceptors (Lipinski definition) is 1. The van der Waals surface area contributed by atoms with Crippen LogP contribution in [0.2, 0.25) is 0 Å².